The predicted molar refractivity (Wildman–Crippen MR) is 176 cm³/mol. The molecule has 0 spiro atoms. The van der Waals surface area contributed by atoms with Crippen LogP contribution in [0.5, 0.6) is 0 Å². The molecule has 2 bridgehead atoms. The molecule has 1 aliphatic carbocycles. The molecule has 1 aromatic rings. The first-order chi connectivity index (χ1) is 21.2. The van der Waals surface area contributed by atoms with Crippen LogP contribution in [0.15, 0.2) is 88.7 Å². The van der Waals surface area contributed by atoms with Gasteiger partial charge >= 0.3 is 6.09 Å². The smallest absolute Gasteiger partial charge is 0.405 e. The highest BCUT2D eigenvalue weighted by Gasteiger charge is 2.30. The number of carbonyl (C=O) groups is 4. The average Bonchev–Trinajstić information content (AvgIpc) is 3.00. The second-order valence-electron chi connectivity index (χ2n) is 12.2. The zero-order valence-electron chi connectivity index (χ0n) is 27.5. The number of carbonyl (C=O) groups excluding carboxylic acids is 4. The Balaban J connectivity index is 0.000000761. The van der Waals surface area contributed by atoms with Crippen molar-refractivity contribution in [1.82, 2.24) is 5.32 Å². The summed E-state index contributed by atoms with van der Waals surface area (Å²) in [5.74, 6) is -1.80. The van der Waals surface area contributed by atoms with E-state index in [1.165, 1.54) is 11.6 Å². The van der Waals surface area contributed by atoms with Crippen LogP contribution in [0.1, 0.15) is 66.9 Å². The van der Waals surface area contributed by atoms with Crippen LogP contribution in [0.4, 0.5) is 4.79 Å². The Morgan fingerprint density at radius 1 is 1.02 bits per heavy atom. The molecule has 1 heterocycles. The van der Waals surface area contributed by atoms with E-state index in [4.69, 9.17) is 16.2 Å². The summed E-state index contributed by atoms with van der Waals surface area (Å²) in [5, 5.41) is 13.6. The SMILES string of the molecule is CC1=C2C[C@@H](C)C[C@H](C)[C@H](O)[C@@H](C)/C=C(\C)[C@H](OC(N)=O)[C@@H](C)/C=C\C=C(/C)C(=O)NC(=CC1=O)C2=O.NCc1ccccc1. The number of allylic oxidation sites excluding steroid dienone is 5. The number of benzene rings is 1. The number of aliphatic hydroxyl groups is 1. The van der Waals surface area contributed by atoms with Crippen molar-refractivity contribution >= 4 is 23.6 Å². The Bertz CT molecular complexity index is 1390. The molecule has 0 saturated carbocycles. The zero-order chi connectivity index (χ0) is 33.8. The van der Waals surface area contributed by atoms with Gasteiger partial charge in [-0.15, -0.1) is 0 Å². The van der Waals surface area contributed by atoms with Crippen molar-refractivity contribution in [3.63, 3.8) is 0 Å². The number of amides is 2. The summed E-state index contributed by atoms with van der Waals surface area (Å²) in [5.41, 5.74) is 13.7. The lowest BCUT2D eigenvalue weighted by Gasteiger charge is -2.28. The van der Waals surface area contributed by atoms with E-state index in [-0.39, 0.29) is 40.9 Å². The van der Waals surface area contributed by atoms with Gasteiger partial charge in [-0.05, 0) is 56.6 Å². The molecular weight excluding hydrogens is 570 g/mol. The third-order valence-corrected chi connectivity index (χ3v) is 8.21. The van der Waals surface area contributed by atoms with Crippen LogP contribution in [0.3, 0.4) is 0 Å². The maximum Gasteiger partial charge on any atom is 0.405 e. The Morgan fingerprint density at radius 2 is 1.67 bits per heavy atom. The molecule has 6 atom stereocenters. The van der Waals surface area contributed by atoms with Crippen molar-refractivity contribution in [3.05, 3.63) is 94.3 Å². The van der Waals surface area contributed by atoms with E-state index in [1.54, 1.807) is 32.1 Å². The topological polar surface area (TPSA) is 162 Å². The lowest BCUT2D eigenvalue weighted by atomic mass is 9.81. The molecule has 0 radical (unpaired) electrons. The molecule has 0 fully saturated rings. The van der Waals surface area contributed by atoms with Gasteiger partial charge in [0.1, 0.15) is 6.10 Å². The van der Waals surface area contributed by atoms with Gasteiger partial charge < -0.3 is 26.6 Å². The van der Waals surface area contributed by atoms with Gasteiger partial charge in [0.2, 0.25) is 5.78 Å². The van der Waals surface area contributed by atoms with Crippen LogP contribution in [0.25, 0.3) is 0 Å². The molecule has 2 amide bonds. The highest BCUT2D eigenvalue weighted by atomic mass is 16.6. The molecule has 244 valence electrons. The van der Waals surface area contributed by atoms with Crippen molar-refractivity contribution in [2.24, 2.45) is 35.1 Å². The third kappa shape index (κ3) is 11.1. The summed E-state index contributed by atoms with van der Waals surface area (Å²) in [6, 6.07) is 9.99. The fourth-order valence-electron chi connectivity index (χ4n) is 5.58. The number of ketones is 2. The van der Waals surface area contributed by atoms with E-state index in [1.807, 2.05) is 71.0 Å². The van der Waals surface area contributed by atoms with Crippen LogP contribution in [0, 0.1) is 23.7 Å². The zero-order valence-corrected chi connectivity index (χ0v) is 27.5. The summed E-state index contributed by atoms with van der Waals surface area (Å²) >= 11 is 0. The molecule has 6 N–H and O–H groups in total. The molecule has 3 rings (SSSR count). The number of rotatable bonds is 2. The number of Topliss-reactive ketones (excluding diaryl/α,β-unsaturated/α-hetero) is 1. The Morgan fingerprint density at radius 3 is 2.24 bits per heavy atom. The van der Waals surface area contributed by atoms with Crippen LogP contribution in [-0.2, 0) is 25.7 Å². The standard InChI is InChI=1S/C29H40N2O6.C7H9N/c1-15-11-18(4)25(33)19(5)13-20(6)27(37-29(30)36)16(2)9-8-10-17(3)28(35)31-23-14-24(32)21(7)22(12-15)26(23)34;8-6-7-4-2-1-3-5-7/h8-10,13-16,18-19,25,27,33H,11-12H2,1-7H3,(H2,30,36)(H,31,35);1-5H,6,8H2/b9-8-,17-10+,20-13+;/t15-,16-,18-,19-,25-,27+;/m0./s1. The van der Waals surface area contributed by atoms with Crippen LogP contribution >= 0.6 is 0 Å². The van der Waals surface area contributed by atoms with E-state index in [9.17, 15) is 24.3 Å². The third-order valence-electron chi connectivity index (χ3n) is 8.21. The van der Waals surface area contributed by atoms with E-state index >= 15 is 0 Å². The highest BCUT2D eigenvalue weighted by Crippen LogP contribution is 2.30. The van der Waals surface area contributed by atoms with Gasteiger partial charge in [-0.3, -0.25) is 14.4 Å². The molecule has 0 saturated heterocycles. The van der Waals surface area contributed by atoms with E-state index in [0.29, 0.717) is 36.1 Å². The predicted octanol–water partition coefficient (Wildman–Crippen LogP) is 5.21. The molecule has 1 aromatic carbocycles. The monoisotopic (exact) mass is 619 g/mol. The quantitative estimate of drug-likeness (QED) is 0.261. The summed E-state index contributed by atoms with van der Waals surface area (Å²) < 4.78 is 5.38. The Labute approximate surface area is 267 Å². The number of aliphatic hydroxyl groups excluding tert-OH is 1. The van der Waals surface area contributed by atoms with Crippen LogP contribution < -0.4 is 16.8 Å². The molecule has 0 aromatic heterocycles. The van der Waals surface area contributed by atoms with Crippen molar-refractivity contribution in [1.29, 1.82) is 0 Å². The minimum atomic E-state index is -0.902. The first kappa shape index (κ1) is 37.1. The van der Waals surface area contributed by atoms with Gasteiger partial charge in [-0.1, -0.05) is 82.3 Å². The minimum absolute atomic E-state index is 0.00226. The van der Waals surface area contributed by atoms with E-state index in [0.717, 1.165) is 5.57 Å². The number of hydrogen-bond acceptors (Lipinski definition) is 7. The Hall–Kier alpha value is -4.08. The minimum Gasteiger partial charge on any atom is -0.441 e. The van der Waals surface area contributed by atoms with Gasteiger partial charge in [-0.2, -0.15) is 0 Å². The average molecular weight is 620 g/mol. The highest BCUT2D eigenvalue weighted by molar-refractivity contribution is 6.23. The molecule has 0 unspecified atom stereocenters. The summed E-state index contributed by atoms with van der Waals surface area (Å²) in [7, 11) is 0. The fraction of sp³-hybridized carbons (Fsp3) is 0.444. The van der Waals surface area contributed by atoms with E-state index < -0.39 is 24.2 Å². The number of hydrogen-bond donors (Lipinski definition) is 4. The number of ether oxygens (including phenoxy) is 1. The first-order valence-electron chi connectivity index (χ1n) is 15.4. The van der Waals surface area contributed by atoms with Gasteiger partial charge in [0.25, 0.3) is 5.91 Å². The number of fused-ring (bicyclic) bond motifs is 2. The molecule has 45 heavy (non-hydrogen) atoms. The molecule has 2 aliphatic rings. The fourth-order valence-corrected chi connectivity index (χ4v) is 5.58. The van der Waals surface area contributed by atoms with Gasteiger partial charge in [0, 0.05) is 41.2 Å². The van der Waals surface area contributed by atoms with Crippen LogP contribution in [0.2, 0.25) is 0 Å². The lowest BCUT2D eigenvalue weighted by molar-refractivity contribution is -0.120. The first-order valence-corrected chi connectivity index (χ1v) is 15.4. The largest absolute Gasteiger partial charge is 0.441 e. The summed E-state index contributed by atoms with van der Waals surface area (Å²) in [6.07, 6.45) is 6.82. The maximum atomic E-state index is 13.2. The van der Waals surface area contributed by atoms with Crippen LogP contribution in [-0.4, -0.2) is 40.9 Å². The van der Waals surface area contributed by atoms with Crippen molar-refractivity contribution < 1.29 is 29.0 Å². The van der Waals surface area contributed by atoms with Crippen molar-refractivity contribution in [3.8, 4) is 0 Å². The summed E-state index contributed by atoms with van der Waals surface area (Å²) in [6.45, 7) is 13.4. The van der Waals surface area contributed by atoms with Gasteiger partial charge in [0.15, 0.2) is 5.78 Å². The normalized spacial score (nSPS) is 30.0. The number of nitrogens with two attached hydrogens (primary N) is 2. The van der Waals surface area contributed by atoms with E-state index in [2.05, 4.69) is 5.32 Å². The maximum absolute atomic E-state index is 13.2. The van der Waals surface area contributed by atoms with Crippen molar-refractivity contribution in [2.45, 2.75) is 80.1 Å². The van der Waals surface area contributed by atoms with Crippen molar-refractivity contribution in [2.75, 3.05) is 0 Å². The molecule has 9 nitrogen and oxygen atoms in total. The Kier molecular flexibility index (Phi) is 14.4. The molecule has 1 aliphatic heterocycles. The second-order valence-corrected chi connectivity index (χ2v) is 12.2. The molecule has 9 heteroatoms. The number of nitrogens with one attached hydrogen (secondary N) is 1. The second kappa shape index (κ2) is 17.4. The van der Waals surface area contributed by atoms with Gasteiger partial charge in [0.05, 0.1) is 11.8 Å². The molecular formula is C36H49N3O6. The number of primary amides is 1. The summed E-state index contributed by atoms with van der Waals surface area (Å²) in [4.78, 5) is 50.1. The van der Waals surface area contributed by atoms with Gasteiger partial charge in [-0.25, -0.2) is 4.79 Å². The lowest BCUT2D eigenvalue weighted by Crippen LogP contribution is -2.33.